The van der Waals surface area contributed by atoms with E-state index in [1.54, 1.807) is 45.1 Å². The molecule has 41 heavy (non-hydrogen) atoms. The maximum atomic E-state index is 15.6. The van der Waals surface area contributed by atoms with Gasteiger partial charge in [-0.2, -0.15) is 0 Å². The van der Waals surface area contributed by atoms with E-state index >= 15 is 4.39 Å². The van der Waals surface area contributed by atoms with Crippen molar-refractivity contribution in [2.75, 3.05) is 0 Å². The van der Waals surface area contributed by atoms with E-state index in [0.29, 0.717) is 41.3 Å². The van der Waals surface area contributed by atoms with Crippen molar-refractivity contribution in [3.05, 3.63) is 109 Å². The monoisotopic (exact) mass is 576 g/mol. The Morgan fingerprint density at radius 2 is 2.05 bits per heavy atom. The SMILES string of the molecule is C=C(/C=C\C=C(/C)c1c(F)cc(C(N)=O)c2[nH]c3c(c12)CC[C@H](C(C)(C)O)C3)n1c(=O)cc2c(Cl)cccn2c1=O. The number of halogens is 2. The molecule has 1 atom stereocenters. The number of fused-ring (bicyclic) bond motifs is 4. The number of amides is 1. The van der Waals surface area contributed by atoms with E-state index in [0.717, 1.165) is 21.9 Å². The molecule has 1 aliphatic carbocycles. The van der Waals surface area contributed by atoms with Crippen molar-refractivity contribution in [3.8, 4) is 0 Å². The van der Waals surface area contributed by atoms with Gasteiger partial charge in [0.15, 0.2) is 0 Å². The molecule has 0 aliphatic heterocycles. The summed E-state index contributed by atoms with van der Waals surface area (Å²) in [5.41, 5.74) is 7.04. The molecule has 1 aromatic carbocycles. The van der Waals surface area contributed by atoms with Crippen molar-refractivity contribution in [2.24, 2.45) is 11.7 Å². The zero-order chi connectivity index (χ0) is 29.8. The number of carbonyl (C=O) groups excluding carboxylic acids is 1. The van der Waals surface area contributed by atoms with Gasteiger partial charge in [0, 0.05) is 34.6 Å². The van der Waals surface area contributed by atoms with Crippen molar-refractivity contribution in [3.63, 3.8) is 0 Å². The first-order chi connectivity index (χ1) is 19.3. The number of nitrogens with two attached hydrogens (primary N) is 1. The van der Waals surface area contributed by atoms with Crippen LogP contribution in [0.25, 0.3) is 27.7 Å². The Labute approximate surface area is 239 Å². The minimum Gasteiger partial charge on any atom is -0.390 e. The minimum absolute atomic E-state index is 0.00224. The van der Waals surface area contributed by atoms with Gasteiger partial charge in [0.25, 0.3) is 11.5 Å². The number of carbonyl (C=O) groups is 1. The highest BCUT2D eigenvalue weighted by Gasteiger charge is 2.33. The maximum absolute atomic E-state index is 15.6. The Morgan fingerprint density at radius 3 is 2.73 bits per heavy atom. The molecule has 0 fully saturated rings. The van der Waals surface area contributed by atoms with Crippen LogP contribution in [0.15, 0.2) is 64.9 Å². The Hall–Kier alpha value is -4.21. The first-order valence-electron chi connectivity index (χ1n) is 13.1. The first-order valence-corrected chi connectivity index (χ1v) is 13.5. The fraction of sp³-hybridized carbons (Fsp3) is 0.258. The third-order valence-electron chi connectivity index (χ3n) is 7.86. The number of H-pyrrole nitrogens is 1. The number of aliphatic hydroxyl groups is 1. The molecule has 212 valence electrons. The average molecular weight is 577 g/mol. The molecule has 1 aliphatic rings. The Morgan fingerprint density at radius 1 is 1.32 bits per heavy atom. The van der Waals surface area contributed by atoms with E-state index in [1.807, 2.05) is 0 Å². The average Bonchev–Trinajstić information content (AvgIpc) is 3.26. The van der Waals surface area contributed by atoms with Gasteiger partial charge >= 0.3 is 5.69 Å². The number of nitrogens with zero attached hydrogens (tertiary/aromatic N) is 2. The number of benzene rings is 1. The number of rotatable bonds is 6. The van der Waals surface area contributed by atoms with Gasteiger partial charge in [0.2, 0.25) is 0 Å². The van der Waals surface area contributed by atoms with Gasteiger partial charge in [-0.15, -0.1) is 0 Å². The molecule has 0 unspecified atom stereocenters. The largest absolute Gasteiger partial charge is 0.390 e. The lowest BCUT2D eigenvalue weighted by molar-refractivity contribution is 0.0107. The summed E-state index contributed by atoms with van der Waals surface area (Å²) in [4.78, 5) is 41.2. The van der Waals surface area contributed by atoms with Crippen LogP contribution in [0.5, 0.6) is 0 Å². The second-order valence-electron chi connectivity index (χ2n) is 11.0. The molecule has 3 heterocycles. The fourth-order valence-corrected chi connectivity index (χ4v) is 5.89. The van der Waals surface area contributed by atoms with E-state index in [-0.39, 0.29) is 27.7 Å². The quantitative estimate of drug-likeness (QED) is 0.284. The number of hydrogen-bond donors (Lipinski definition) is 3. The van der Waals surface area contributed by atoms with Crippen LogP contribution in [0.3, 0.4) is 0 Å². The van der Waals surface area contributed by atoms with Crippen LogP contribution in [-0.4, -0.2) is 30.6 Å². The number of aryl methyl sites for hydroxylation is 1. The summed E-state index contributed by atoms with van der Waals surface area (Å²) in [7, 11) is 0. The second kappa shape index (κ2) is 10.3. The number of allylic oxidation sites excluding steroid dienone is 5. The van der Waals surface area contributed by atoms with Gasteiger partial charge in [-0.1, -0.05) is 30.3 Å². The molecule has 1 amide bonds. The number of primary amides is 1. The van der Waals surface area contributed by atoms with Crippen molar-refractivity contribution < 1.29 is 14.3 Å². The third-order valence-corrected chi connectivity index (χ3v) is 8.17. The molecule has 0 bridgehead atoms. The molecular weight excluding hydrogens is 547 g/mol. The van der Waals surface area contributed by atoms with Crippen LogP contribution in [0, 0.1) is 11.7 Å². The van der Waals surface area contributed by atoms with Gasteiger partial charge in [0.1, 0.15) is 5.82 Å². The van der Waals surface area contributed by atoms with Crippen molar-refractivity contribution in [1.29, 1.82) is 0 Å². The summed E-state index contributed by atoms with van der Waals surface area (Å²) in [5, 5.41) is 11.4. The molecule has 4 N–H and O–H groups in total. The van der Waals surface area contributed by atoms with Crippen molar-refractivity contribution in [2.45, 2.75) is 45.6 Å². The summed E-state index contributed by atoms with van der Waals surface area (Å²) in [6, 6.07) is 5.57. The van der Waals surface area contributed by atoms with E-state index in [9.17, 15) is 19.5 Å². The highest BCUT2D eigenvalue weighted by Crippen LogP contribution is 2.40. The number of aromatic amines is 1. The molecule has 8 nitrogen and oxygen atoms in total. The maximum Gasteiger partial charge on any atom is 0.340 e. The zero-order valence-electron chi connectivity index (χ0n) is 22.9. The predicted octanol–water partition coefficient (Wildman–Crippen LogP) is 4.84. The molecule has 10 heteroatoms. The number of nitrogens with one attached hydrogen (secondary N) is 1. The zero-order valence-corrected chi connectivity index (χ0v) is 23.7. The highest BCUT2D eigenvalue weighted by molar-refractivity contribution is 6.33. The summed E-state index contributed by atoms with van der Waals surface area (Å²) in [6.07, 6.45) is 8.06. The Balaban J connectivity index is 1.56. The lowest BCUT2D eigenvalue weighted by atomic mass is 9.77. The first kappa shape index (κ1) is 28.3. The molecule has 5 rings (SSSR count). The standard InChI is InChI=1S/C31H30ClFN4O4/c1-16(7-5-8-17(2)37-25(38)15-24-21(32)9-6-12-36(24)30(37)40)26-22(33)14-20(29(34)39)28-27(26)19-11-10-18(31(3,4)41)13-23(19)35-28/h5-9,12,14-15,18,35,41H,2,10-11,13H2,1,3-4H3,(H2,34,39)/b8-5-,16-7+/t18-/m0/s1. The number of aromatic nitrogens is 3. The van der Waals surface area contributed by atoms with Gasteiger partial charge < -0.3 is 15.8 Å². The topological polar surface area (TPSA) is 123 Å². The Bertz CT molecular complexity index is 1940. The van der Waals surface area contributed by atoms with Crippen LogP contribution in [-0.2, 0) is 12.8 Å². The lowest BCUT2D eigenvalue weighted by Gasteiger charge is -2.32. The van der Waals surface area contributed by atoms with Crippen molar-refractivity contribution >= 4 is 45.2 Å². The summed E-state index contributed by atoms with van der Waals surface area (Å²) < 4.78 is 17.8. The second-order valence-corrected chi connectivity index (χ2v) is 11.4. The van der Waals surface area contributed by atoms with E-state index < -0.39 is 28.6 Å². The summed E-state index contributed by atoms with van der Waals surface area (Å²) in [6.45, 7) is 9.15. The van der Waals surface area contributed by atoms with Crippen molar-refractivity contribution in [1.82, 2.24) is 14.0 Å². The van der Waals surface area contributed by atoms with Crippen LogP contribution in [0.4, 0.5) is 4.39 Å². The van der Waals surface area contributed by atoms with Gasteiger partial charge in [-0.25, -0.2) is 13.8 Å². The molecule has 0 saturated carbocycles. The molecular formula is C31H30ClFN4O4. The molecule has 4 aromatic rings. The van der Waals surface area contributed by atoms with Gasteiger partial charge in [-0.3, -0.25) is 14.0 Å². The van der Waals surface area contributed by atoms with Gasteiger partial charge in [0.05, 0.1) is 27.2 Å². The number of hydrogen-bond acceptors (Lipinski definition) is 4. The molecule has 0 radical (unpaired) electrons. The van der Waals surface area contributed by atoms with Crippen LogP contribution in [0.2, 0.25) is 5.02 Å². The summed E-state index contributed by atoms with van der Waals surface area (Å²) in [5.74, 6) is -1.35. The van der Waals surface area contributed by atoms with E-state index in [4.69, 9.17) is 17.3 Å². The minimum atomic E-state index is -0.889. The molecule has 3 aromatic heterocycles. The van der Waals surface area contributed by atoms with E-state index in [2.05, 4.69) is 11.6 Å². The normalized spacial score (nSPS) is 16.0. The Kier molecular flexibility index (Phi) is 7.13. The van der Waals surface area contributed by atoms with Crippen LogP contribution >= 0.6 is 11.6 Å². The fourth-order valence-electron chi connectivity index (χ4n) is 5.67. The lowest BCUT2D eigenvalue weighted by Crippen LogP contribution is -2.35. The van der Waals surface area contributed by atoms with Gasteiger partial charge in [-0.05, 0) is 81.4 Å². The smallest absolute Gasteiger partial charge is 0.340 e. The number of pyridine rings is 1. The van der Waals surface area contributed by atoms with Crippen LogP contribution in [0.1, 0.15) is 54.4 Å². The summed E-state index contributed by atoms with van der Waals surface area (Å²) >= 11 is 6.13. The molecule has 0 spiro atoms. The highest BCUT2D eigenvalue weighted by atomic mass is 35.5. The molecule has 0 saturated heterocycles. The van der Waals surface area contributed by atoms with Crippen LogP contribution < -0.4 is 17.0 Å². The third kappa shape index (κ3) is 4.96. The van der Waals surface area contributed by atoms with E-state index in [1.165, 1.54) is 22.7 Å². The predicted molar refractivity (Wildman–Crippen MR) is 160 cm³/mol.